The Morgan fingerprint density at radius 2 is 2.15 bits per heavy atom. The Kier molecular flexibility index (Phi) is 3.03. The average molecular weight is 200 g/mol. The van der Waals surface area contributed by atoms with Gasteiger partial charge < -0.3 is 5.73 Å². The third-order valence-electron chi connectivity index (χ3n) is 1.48. The summed E-state index contributed by atoms with van der Waals surface area (Å²) in [4.78, 5) is 10.0. The molecule has 2 nitrogen and oxygen atoms in total. The lowest BCUT2D eigenvalue weighted by Gasteiger charge is -2.01. The third-order valence-corrected chi connectivity index (χ3v) is 1.70. The number of nitrogen functional groups attached to an aromatic ring is 1. The molecule has 0 amide bonds. The number of benzene rings is 1. The number of anilines is 1. The highest BCUT2D eigenvalue weighted by Gasteiger charge is 2.03. The first-order chi connectivity index (χ1) is 6.15. The van der Waals surface area contributed by atoms with Crippen LogP contribution in [0.4, 0.5) is 10.1 Å². The number of aldehydes is 1. The Hall–Kier alpha value is -1.35. The SMILES string of the molecule is Nc1c(F)cc(Cl)cc1C=CC=O. The average Bonchev–Trinajstić information content (AvgIpc) is 2.09. The number of carbonyl (C=O) groups is 1. The first-order valence-electron chi connectivity index (χ1n) is 3.51. The van der Waals surface area contributed by atoms with E-state index in [1.54, 1.807) is 0 Å². The van der Waals surface area contributed by atoms with Crippen LogP contribution in [-0.2, 0) is 4.79 Å². The second-order valence-electron chi connectivity index (χ2n) is 2.39. The van der Waals surface area contributed by atoms with E-state index in [9.17, 15) is 9.18 Å². The molecule has 0 saturated heterocycles. The molecule has 1 aromatic rings. The van der Waals surface area contributed by atoms with Gasteiger partial charge in [0.15, 0.2) is 0 Å². The highest BCUT2D eigenvalue weighted by Crippen LogP contribution is 2.22. The topological polar surface area (TPSA) is 43.1 Å². The molecule has 0 aliphatic carbocycles. The van der Waals surface area contributed by atoms with Crippen LogP contribution in [0.5, 0.6) is 0 Å². The van der Waals surface area contributed by atoms with Gasteiger partial charge in [0.05, 0.1) is 5.69 Å². The summed E-state index contributed by atoms with van der Waals surface area (Å²) in [6.07, 6.45) is 3.21. The van der Waals surface area contributed by atoms with Gasteiger partial charge in [-0.2, -0.15) is 0 Å². The standard InChI is InChI=1S/C9H7ClFNO/c10-7-4-6(2-1-3-13)9(12)8(11)5-7/h1-5H,12H2. The van der Waals surface area contributed by atoms with Crippen molar-refractivity contribution in [2.75, 3.05) is 5.73 Å². The van der Waals surface area contributed by atoms with E-state index in [-0.39, 0.29) is 10.7 Å². The van der Waals surface area contributed by atoms with Crippen molar-refractivity contribution in [2.45, 2.75) is 0 Å². The van der Waals surface area contributed by atoms with E-state index < -0.39 is 5.82 Å². The highest BCUT2D eigenvalue weighted by molar-refractivity contribution is 6.30. The molecule has 0 radical (unpaired) electrons. The number of hydrogen-bond donors (Lipinski definition) is 1. The van der Waals surface area contributed by atoms with Gasteiger partial charge in [-0.1, -0.05) is 11.6 Å². The van der Waals surface area contributed by atoms with Crippen molar-refractivity contribution >= 4 is 29.7 Å². The number of nitrogens with two attached hydrogens (primary N) is 1. The van der Waals surface area contributed by atoms with Crippen LogP contribution in [0, 0.1) is 5.82 Å². The smallest absolute Gasteiger partial charge is 0.148 e. The minimum absolute atomic E-state index is 0.0116. The largest absolute Gasteiger partial charge is 0.396 e. The van der Waals surface area contributed by atoms with Gasteiger partial charge in [-0.15, -0.1) is 0 Å². The molecular weight excluding hydrogens is 193 g/mol. The molecule has 0 spiro atoms. The van der Waals surface area contributed by atoms with Crippen molar-refractivity contribution in [1.82, 2.24) is 0 Å². The molecule has 4 heteroatoms. The summed E-state index contributed by atoms with van der Waals surface area (Å²) >= 11 is 5.58. The van der Waals surface area contributed by atoms with E-state index in [2.05, 4.69) is 0 Å². The normalized spacial score (nSPS) is 10.6. The van der Waals surface area contributed by atoms with Crippen LogP contribution in [-0.4, -0.2) is 6.29 Å². The van der Waals surface area contributed by atoms with Gasteiger partial charge in [0, 0.05) is 10.6 Å². The Morgan fingerprint density at radius 3 is 2.77 bits per heavy atom. The summed E-state index contributed by atoms with van der Waals surface area (Å²) in [5, 5.41) is 0.247. The molecule has 0 bridgehead atoms. The fourth-order valence-corrected chi connectivity index (χ4v) is 1.10. The van der Waals surface area contributed by atoms with Crippen LogP contribution >= 0.6 is 11.6 Å². The van der Waals surface area contributed by atoms with Crippen molar-refractivity contribution in [3.8, 4) is 0 Å². The van der Waals surface area contributed by atoms with E-state index in [1.165, 1.54) is 18.2 Å². The van der Waals surface area contributed by atoms with Gasteiger partial charge >= 0.3 is 0 Å². The maximum atomic E-state index is 12.9. The van der Waals surface area contributed by atoms with E-state index in [1.807, 2.05) is 0 Å². The minimum atomic E-state index is -0.585. The molecule has 0 saturated carbocycles. The van der Waals surface area contributed by atoms with Crippen LogP contribution in [0.1, 0.15) is 5.56 Å². The molecule has 68 valence electrons. The molecule has 13 heavy (non-hydrogen) atoms. The fraction of sp³-hybridized carbons (Fsp3) is 0. The van der Waals surface area contributed by atoms with E-state index in [4.69, 9.17) is 17.3 Å². The molecule has 0 atom stereocenters. The van der Waals surface area contributed by atoms with Crippen LogP contribution in [0.2, 0.25) is 5.02 Å². The molecule has 0 aromatic heterocycles. The van der Waals surface area contributed by atoms with Gasteiger partial charge in [-0.25, -0.2) is 4.39 Å². The first-order valence-corrected chi connectivity index (χ1v) is 3.89. The zero-order chi connectivity index (χ0) is 9.84. The maximum Gasteiger partial charge on any atom is 0.148 e. The maximum absolute atomic E-state index is 12.9. The Bertz CT molecular complexity index is 363. The monoisotopic (exact) mass is 199 g/mol. The van der Waals surface area contributed by atoms with Gasteiger partial charge in [-0.3, -0.25) is 4.79 Å². The molecule has 0 aliphatic heterocycles. The van der Waals surface area contributed by atoms with Crippen LogP contribution in [0.3, 0.4) is 0 Å². The van der Waals surface area contributed by atoms with E-state index in [0.717, 1.165) is 6.07 Å². The molecule has 0 unspecified atom stereocenters. The zero-order valence-electron chi connectivity index (χ0n) is 6.63. The molecule has 2 N–H and O–H groups in total. The van der Waals surface area contributed by atoms with Crippen molar-refractivity contribution < 1.29 is 9.18 Å². The molecule has 1 aromatic carbocycles. The van der Waals surface area contributed by atoms with Crippen molar-refractivity contribution in [3.63, 3.8) is 0 Å². The molecular formula is C9H7ClFNO. The van der Waals surface area contributed by atoms with Crippen molar-refractivity contribution in [3.05, 3.63) is 34.6 Å². The van der Waals surface area contributed by atoms with E-state index in [0.29, 0.717) is 11.8 Å². The van der Waals surface area contributed by atoms with Crippen molar-refractivity contribution in [2.24, 2.45) is 0 Å². The van der Waals surface area contributed by atoms with Crippen LogP contribution < -0.4 is 5.73 Å². The van der Waals surface area contributed by atoms with Gasteiger partial charge in [0.1, 0.15) is 12.1 Å². The summed E-state index contributed by atoms with van der Waals surface area (Å²) in [6, 6.07) is 2.61. The fourth-order valence-electron chi connectivity index (χ4n) is 0.886. The van der Waals surface area contributed by atoms with Gasteiger partial charge in [0.25, 0.3) is 0 Å². The molecule has 0 fully saturated rings. The lowest BCUT2D eigenvalue weighted by Crippen LogP contribution is -1.94. The lowest BCUT2D eigenvalue weighted by atomic mass is 10.1. The lowest BCUT2D eigenvalue weighted by molar-refractivity contribution is -0.104. The third kappa shape index (κ3) is 2.29. The summed E-state index contributed by atoms with van der Waals surface area (Å²) in [7, 11) is 0. The first kappa shape index (κ1) is 9.74. The Labute approximate surface area is 79.8 Å². The summed E-state index contributed by atoms with van der Waals surface area (Å²) < 4.78 is 12.9. The summed E-state index contributed by atoms with van der Waals surface area (Å²) in [5.41, 5.74) is 5.78. The molecule has 0 heterocycles. The summed E-state index contributed by atoms with van der Waals surface area (Å²) in [5.74, 6) is -0.585. The second kappa shape index (κ2) is 4.05. The van der Waals surface area contributed by atoms with Crippen molar-refractivity contribution in [1.29, 1.82) is 0 Å². The van der Waals surface area contributed by atoms with Crippen LogP contribution in [0.15, 0.2) is 18.2 Å². The number of halogens is 2. The number of hydrogen-bond acceptors (Lipinski definition) is 2. The Balaban J connectivity index is 3.19. The second-order valence-corrected chi connectivity index (χ2v) is 2.82. The number of allylic oxidation sites excluding steroid dienone is 1. The predicted octanol–water partition coefficient (Wildman–Crippen LogP) is 2.27. The highest BCUT2D eigenvalue weighted by atomic mass is 35.5. The number of rotatable bonds is 2. The summed E-state index contributed by atoms with van der Waals surface area (Å²) in [6.45, 7) is 0. The number of carbonyl (C=O) groups excluding carboxylic acids is 1. The molecule has 1 rings (SSSR count). The minimum Gasteiger partial charge on any atom is -0.396 e. The van der Waals surface area contributed by atoms with Gasteiger partial charge in [-0.05, 0) is 24.3 Å². The van der Waals surface area contributed by atoms with E-state index >= 15 is 0 Å². The quantitative estimate of drug-likeness (QED) is 0.451. The Morgan fingerprint density at radius 1 is 1.46 bits per heavy atom. The van der Waals surface area contributed by atoms with Crippen LogP contribution in [0.25, 0.3) is 6.08 Å². The molecule has 0 aliphatic rings. The zero-order valence-corrected chi connectivity index (χ0v) is 7.38. The predicted molar refractivity (Wildman–Crippen MR) is 50.9 cm³/mol. The van der Waals surface area contributed by atoms with Gasteiger partial charge in [0.2, 0.25) is 0 Å².